The van der Waals surface area contributed by atoms with Gasteiger partial charge in [0.15, 0.2) is 6.10 Å². The van der Waals surface area contributed by atoms with Crippen molar-refractivity contribution in [3.8, 4) is 0 Å². The molecule has 146 valence electrons. The van der Waals surface area contributed by atoms with Crippen molar-refractivity contribution < 1.29 is 18.4 Å². The molecule has 6 heteroatoms. The van der Waals surface area contributed by atoms with Gasteiger partial charge in [0.25, 0.3) is 0 Å². The molecule has 0 radical (unpaired) electrons. The Bertz CT molecular complexity index is 881. The lowest BCUT2D eigenvalue weighted by molar-refractivity contribution is -0.140. The van der Waals surface area contributed by atoms with Crippen molar-refractivity contribution in [2.45, 2.75) is 38.3 Å². The van der Waals surface area contributed by atoms with Gasteiger partial charge in [-0.05, 0) is 24.5 Å². The van der Waals surface area contributed by atoms with E-state index in [1.807, 2.05) is 30.3 Å². The summed E-state index contributed by atoms with van der Waals surface area (Å²) in [5, 5.41) is 4.17. The number of rotatable bonds is 6. The molecule has 1 amide bonds. The number of hydrogen-bond acceptors (Lipinski definition) is 3. The van der Waals surface area contributed by atoms with E-state index < -0.39 is 11.6 Å². The van der Waals surface area contributed by atoms with Gasteiger partial charge in [0.1, 0.15) is 11.6 Å². The van der Waals surface area contributed by atoms with E-state index in [-0.39, 0.29) is 24.5 Å². The van der Waals surface area contributed by atoms with E-state index in [1.54, 1.807) is 4.90 Å². The van der Waals surface area contributed by atoms with Crippen molar-refractivity contribution in [2.24, 2.45) is 11.1 Å². The molecule has 0 aromatic heterocycles. The molecule has 0 spiro atoms. The first-order chi connectivity index (χ1) is 13.6. The highest BCUT2D eigenvalue weighted by Crippen LogP contribution is 2.30. The second kappa shape index (κ2) is 8.09. The van der Waals surface area contributed by atoms with Gasteiger partial charge in [-0.15, -0.1) is 0 Å². The molecule has 2 aliphatic rings. The molecule has 0 bridgehead atoms. The molecule has 2 aromatic carbocycles. The summed E-state index contributed by atoms with van der Waals surface area (Å²) in [5.41, 5.74) is 2.14. The van der Waals surface area contributed by atoms with Crippen LogP contribution in [0, 0.1) is 17.6 Å². The van der Waals surface area contributed by atoms with Crippen LogP contribution in [0.3, 0.4) is 0 Å². The lowest BCUT2D eigenvalue weighted by atomic mass is 9.84. The van der Waals surface area contributed by atoms with Crippen molar-refractivity contribution in [2.75, 3.05) is 6.54 Å². The summed E-state index contributed by atoms with van der Waals surface area (Å²) in [6.45, 7) is 0.425. The van der Waals surface area contributed by atoms with Crippen LogP contribution >= 0.6 is 0 Å². The van der Waals surface area contributed by atoms with E-state index in [1.165, 1.54) is 12.1 Å². The zero-order valence-electron chi connectivity index (χ0n) is 15.5. The molecule has 0 N–H and O–H groups in total. The monoisotopic (exact) mass is 384 g/mol. The van der Waals surface area contributed by atoms with Gasteiger partial charge in [-0.2, -0.15) is 0 Å². The topological polar surface area (TPSA) is 41.9 Å². The standard InChI is InChI=1S/C22H22F2N2O2/c23-18-10-9-17(20(24)11-18)13-26(22(27)16-7-4-8-16)14-19-12-21(25-28-19)15-5-2-1-3-6-15/h1-3,5-6,9-11,16,19H,4,7-8,12-14H2/t19-/m1/s1. The van der Waals surface area contributed by atoms with Gasteiger partial charge >= 0.3 is 0 Å². The zero-order valence-corrected chi connectivity index (χ0v) is 15.5. The average Bonchev–Trinajstić information content (AvgIpc) is 3.11. The summed E-state index contributed by atoms with van der Waals surface area (Å²) in [4.78, 5) is 20.1. The number of hydrogen-bond donors (Lipinski definition) is 0. The second-order valence-electron chi connectivity index (χ2n) is 7.42. The maximum Gasteiger partial charge on any atom is 0.226 e. The van der Waals surface area contributed by atoms with Gasteiger partial charge in [-0.25, -0.2) is 8.78 Å². The van der Waals surface area contributed by atoms with E-state index >= 15 is 0 Å². The predicted molar refractivity (Wildman–Crippen MR) is 102 cm³/mol. The van der Waals surface area contributed by atoms with Gasteiger partial charge in [0.05, 0.1) is 12.3 Å². The molecular formula is C22H22F2N2O2. The summed E-state index contributed by atoms with van der Waals surface area (Å²) in [7, 11) is 0. The Labute approximate surface area is 162 Å². The molecule has 1 saturated carbocycles. The molecule has 1 aliphatic heterocycles. The van der Waals surface area contributed by atoms with Crippen molar-refractivity contribution >= 4 is 11.6 Å². The van der Waals surface area contributed by atoms with E-state index in [4.69, 9.17) is 4.84 Å². The Morgan fingerprint density at radius 2 is 1.93 bits per heavy atom. The Hall–Kier alpha value is -2.76. The number of nitrogens with zero attached hydrogens (tertiary/aromatic N) is 2. The summed E-state index contributed by atoms with van der Waals surface area (Å²) >= 11 is 0. The minimum Gasteiger partial charge on any atom is -0.390 e. The van der Waals surface area contributed by atoms with Crippen molar-refractivity contribution in [3.63, 3.8) is 0 Å². The predicted octanol–water partition coefficient (Wildman–Crippen LogP) is 4.29. The maximum atomic E-state index is 14.1. The SMILES string of the molecule is O=C(C1CCC1)N(Cc1ccc(F)cc1F)C[C@H]1CC(c2ccccc2)=NO1. The smallest absolute Gasteiger partial charge is 0.226 e. The first-order valence-electron chi connectivity index (χ1n) is 9.61. The van der Waals surface area contributed by atoms with Crippen LogP contribution in [0.2, 0.25) is 0 Å². The lowest BCUT2D eigenvalue weighted by Crippen LogP contribution is -2.42. The molecule has 1 heterocycles. The maximum absolute atomic E-state index is 14.1. The molecular weight excluding hydrogens is 362 g/mol. The zero-order chi connectivity index (χ0) is 19.5. The van der Waals surface area contributed by atoms with Crippen LogP contribution in [-0.2, 0) is 16.2 Å². The Kier molecular flexibility index (Phi) is 5.37. The van der Waals surface area contributed by atoms with E-state index in [0.29, 0.717) is 18.5 Å². The molecule has 0 saturated heterocycles. The fourth-order valence-corrected chi connectivity index (χ4v) is 3.57. The second-order valence-corrected chi connectivity index (χ2v) is 7.42. The Morgan fingerprint density at radius 1 is 1.14 bits per heavy atom. The number of halogens is 2. The van der Waals surface area contributed by atoms with Gasteiger partial charge in [0, 0.05) is 30.5 Å². The van der Waals surface area contributed by atoms with E-state index in [9.17, 15) is 13.6 Å². The van der Waals surface area contributed by atoms with Crippen molar-refractivity contribution in [3.05, 3.63) is 71.3 Å². The first kappa shape index (κ1) is 18.6. The first-order valence-corrected chi connectivity index (χ1v) is 9.61. The van der Waals surface area contributed by atoms with Gasteiger partial charge in [0.2, 0.25) is 5.91 Å². The summed E-state index contributed by atoms with van der Waals surface area (Å²) < 4.78 is 27.3. The van der Waals surface area contributed by atoms with Crippen molar-refractivity contribution in [1.82, 2.24) is 4.90 Å². The van der Waals surface area contributed by atoms with Crippen LogP contribution in [0.4, 0.5) is 8.78 Å². The molecule has 2 aromatic rings. The van der Waals surface area contributed by atoms with Gasteiger partial charge in [-0.1, -0.05) is 48.0 Å². The summed E-state index contributed by atoms with van der Waals surface area (Å²) in [6.07, 6.45) is 3.07. The van der Waals surface area contributed by atoms with Crippen molar-refractivity contribution in [1.29, 1.82) is 0 Å². The fourth-order valence-electron chi connectivity index (χ4n) is 3.57. The number of carbonyl (C=O) groups excluding carboxylic acids is 1. The number of amides is 1. The fraction of sp³-hybridized carbons (Fsp3) is 0.364. The molecule has 0 unspecified atom stereocenters. The van der Waals surface area contributed by atoms with Gasteiger partial charge < -0.3 is 9.74 Å². The highest BCUT2D eigenvalue weighted by atomic mass is 19.1. The Morgan fingerprint density at radius 3 is 2.61 bits per heavy atom. The summed E-state index contributed by atoms with van der Waals surface area (Å²) in [5.74, 6) is -1.27. The largest absolute Gasteiger partial charge is 0.390 e. The highest BCUT2D eigenvalue weighted by molar-refractivity contribution is 6.01. The molecule has 4 nitrogen and oxygen atoms in total. The number of benzene rings is 2. The number of carbonyl (C=O) groups is 1. The van der Waals surface area contributed by atoms with Crippen LogP contribution in [0.25, 0.3) is 0 Å². The third kappa shape index (κ3) is 4.06. The van der Waals surface area contributed by atoms with Gasteiger partial charge in [-0.3, -0.25) is 4.79 Å². The minimum absolute atomic E-state index is 0.00624. The third-order valence-electron chi connectivity index (χ3n) is 5.41. The quantitative estimate of drug-likeness (QED) is 0.746. The van der Waals surface area contributed by atoms with E-state index in [0.717, 1.165) is 36.6 Å². The molecule has 1 atom stereocenters. The summed E-state index contributed by atoms with van der Waals surface area (Å²) in [6, 6.07) is 13.2. The Balaban J connectivity index is 1.46. The molecule has 1 fully saturated rings. The van der Waals surface area contributed by atoms with Crippen LogP contribution in [-0.4, -0.2) is 29.2 Å². The number of oxime groups is 1. The normalized spacial score (nSPS) is 18.9. The van der Waals surface area contributed by atoms with Crippen LogP contribution in [0.5, 0.6) is 0 Å². The molecule has 1 aliphatic carbocycles. The highest BCUT2D eigenvalue weighted by Gasteiger charge is 2.33. The lowest BCUT2D eigenvalue weighted by Gasteiger charge is -2.32. The van der Waals surface area contributed by atoms with Crippen LogP contribution in [0.15, 0.2) is 53.7 Å². The van der Waals surface area contributed by atoms with Crippen LogP contribution < -0.4 is 0 Å². The van der Waals surface area contributed by atoms with Crippen LogP contribution in [0.1, 0.15) is 36.8 Å². The minimum atomic E-state index is -0.639. The molecule has 4 rings (SSSR count). The van der Waals surface area contributed by atoms with E-state index in [2.05, 4.69) is 5.16 Å². The molecule has 28 heavy (non-hydrogen) atoms. The third-order valence-corrected chi connectivity index (χ3v) is 5.41. The average molecular weight is 384 g/mol.